The molecule has 6 nitrogen and oxygen atoms in total. The fraction of sp³-hybridized carbons (Fsp3) is 0.138. The van der Waals surface area contributed by atoms with Gasteiger partial charge in [0.2, 0.25) is 0 Å². The number of nitrogens with one attached hydrogen (secondary N) is 2. The first-order chi connectivity index (χ1) is 18.0. The lowest BCUT2D eigenvalue weighted by atomic mass is 9.82. The van der Waals surface area contributed by atoms with Gasteiger partial charge in [-0.3, -0.25) is 4.79 Å². The number of dihydropyridines is 1. The Kier molecular flexibility index (Phi) is 8.54. The van der Waals surface area contributed by atoms with Gasteiger partial charge >= 0.3 is 0 Å². The second kappa shape index (κ2) is 12.0. The molecule has 1 atom stereocenters. The van der Waals surface area contributed by atoms with E-state index < -0.39 is 5.92 Å². The van der Waals surface area contributed by atoms with Gasteiger partial charge in [-0.1, -0.05) is 42.5 Å². The van der Waals surface area contributed by atoms with Gasteiger partial charge < -0.3 is 15.4 Å². The van der Waals surface area contributed by atoms with Crippen molar-refractivity contribution in [3.8, 4) is 17.9 Å². The van der Waals surface area contributed by atoms with E-state index in [9.17, 15) is 15.3 Å². The van der Waals surface area contributed by atoms with Crippen molar-refractivity contribution in [3.05, 3.63) is 115 Å². The number of para-hydroxylation sites is 2. The predicted molar refractivity (Wildman–Crippen MR) is 154 cm³/mol. The van der Waals surface area contributed by atoms with Crippen molar-refractivity contribution in [2.24, 2.45) is 0 Å². The minimum atomic E-state index is -0.554. The lowest BCUT2D eigenvalue weighted by molar-refractivity contribution is -0.113. The van der Waals surface area contributed by atoms with Crippen LogP contribution >= 0.6 is 34.4 Å². The van der Waals surface area contributed by atoms with Crippen LogP contribution in [0.4, 0.5) is 5.69 Å². The lowest BCUT2D eigenvalue weighted by Crippen LogP contribution is -2.31. The molecule has 1 amide bonds. The van der Waals surface area contributed by atoms with Crippen LogP contribution in [0.25, 0.3) is 0 Å². The SMILES string of the molecule is COc1ccccc1NC(=O)C1=C(C)NC(SCc2cccc(C#N)c2)=C(C#N)C1c1ccccc1I. The largest absolute Gasteiger partial charge is 0.495 e. The molecule has 0 radical (unpaired) electrons. The molecule has 2 N–H and O–H groups in total. The van der Waals surface area contributed by atoms with Crippen molar-refractivity contribution in [1.82, 2.24) is 5.32 Å². The van der Waals surface area contributed by atoms with Crippen molar-refractivity contribution < 1.29 is 9.53 Å². The maximum atomic E-state index is 13.7. The number of thioether (sulfide) groups is 1. The van der Waals surface area contributed by atoms with Crippen molar-refractivity contribution >= 4 is 45.9 Å². The number of anilines is 1. The topological polar surface area (TPSA) is 97.9 Å². The summed E-state index contributed by atoms with van der Waals surface area (Å²) < 4.78 is 6.37. The first-order valence-electron chi connectivity index (χ1n) is 11.4. The molecule has 0 aliphatic carbocycles. The second-order valence-corrected chi connectivity index (χ2v) is 10.4. The normalized spacial score (nSPS) is 14.9. The minimum Gasteiger partial charge on any atom is -0.495 e. The number of hydrogen-bond acceptors (Lipinski definition) is 6. The van der Waals surface area contributed by atoms with Crippen LogP contribution in [0.2, 0.25) is 0 Å². The molecule has 0 aromatic heterocycles. The van der Waals surface area contributed by atoms with E-state index in [1.54, 1.807) is 25.3 Å². The first kappa shape index (κ1) is 26.3. The highest BCUT2D eigenvalue weighted by molar-refractivity contribution is 14.1. The average Bonchev–Trinajstić information content (AvgIpc) is 2.92. The number of hydrogen-bond donors (Lipinski definition) is 2. The second-order valence-electron chi connectivity index (χ2n) is 8.23. The van der Waals surface area contributed by atoms with E-state index >= 15 is 0 Å². The summed E-state index contributed by atoms with van der Waals surface area (Å²) in [6, 6.07) is 27.0. The molecular formula is C29H23IN4O2S. The first-order valence-corrected chi connectivity index (χ1v) is 13.5. The van der Waals surface area contributed by atoms with Crippen molar-refractivity contribution in [2.75, 3.05) is 12.4 Å². The van der Waals surface area contributed by atoms with E-state index in [1.807, 2.05) is 61.5 Å². The molecule has 3 aromatic rings. The fourth-order valence-electron chi connectivity index (χ4n) is 4.17. The monoisotopic (exact) mass is 618 g/mol. The van der Waals surface area contributed by atoms with Crippen LogP contribution in [0.5, 0.6) is 5.75 Å². The summed E-state index contributed by atoms with van der Waals surface area (Å²) in [5, 5.41) is 26.6. The van der Waals surface area contributed by atoms with Gasteiger partial charge in [0.1, 0.15) is 5.75 Å². The Labute approximate surface area is 234 Å². The Hall–Kier alpha value is -3.73. The van der Waals surface area contributed by atoms with E-state index in [4.69, 9.17) is 4.74 Å². The standard InChI is InChI=1S/C29H23IN4O2S/c1-18-26(28(35)34-24-12-5-6-13-25(24)36-2)27(21-10-3-4-11-23(21)30)22(16-32)29(33-18)37-17-20-9-7-8-19(14-20)15-31/h3-14,27,33H,17H2,1-2H3,(H,34,35). The molecule has 1 aliphatic heterocycles. The molecular weight excluding hydrogens is 595 g/mol. The summed E-state index contributed by atoms with van der Waals surface area (Å²) in [6.07, 6.45) is 0. The molecule has 37 heavy (non-hydrogen) atoms. The quantitative estimate of drug-likeness (QED) is 0.296. The molecule has 1 heterocycles. The van der Waals surface area contributed by atoms with Gasteiger partial charge in [0, 0.05) is 20.6 Å². The summed E-state index contributed by atoms with van der Waals surface area (Å²) in [6.45, 7) is 1.85. The zero-order valence-electron chi connectivity index (χ0n) is 20.2. The molecule has 0 bridgehead atoms. The highest BCUT2D eigenvalue weighted by Gasteiger charge is 2.35. The number of carbonyl (C=O) groups is 1. The summed E-state index contributed by atoms with van der Waals surface area (Å²) in [5.41, 5.74) is 4.62. The number of carbonyl (C=O) groups excluding carboxylic acids is 1. The van der Waals surface area contributed by atoms with E-state index in [0.29, 0.717) is 44.6 Å². The summed E-state index contributed by atoms with van der Waals surface area (Å²) in [4.78, 5) is 13.7. The minimum absolute atomic E-state index is 0.308. The average molecular weight is 619 g/mol. The predicted octanol–water partition coefficient (Wildman–Crippen LogP) is 6.44. The summed E-state index contributed by atoms with van der Waals surface area (Å²) >= 11 is 3.73. The maximum Gasteiger partial charge on any atom is 0.254 e. The van der Waals surface area contributed by atoms with Crippen LogP contribution in [0.3, 0.4) is 0 Å². The van der Waals surface area contributed by atoms with Crippen LogP contribution in [0, 0.1) is 26.2 Å². The third-order valence-electron chi connectivity index (χ3n) is 5.90. The number of nitrogens with zero attached hydrogens (tertiary/aromatic N) is 2. The number of ether oxygens (including phenoxy) is 1. The molecule has 3 aromatic carbocycles. The Morgan fingerprint density at radius 3 is 2.57 bits per heavy atom. The fourth-order valence-corrected chi connectivity index (χ4v) is 5.91. The van der Waals surface area contributed by atoms with Gasteiger partial charge in [-0.05, 0) is 71.0 Å². The Morgan fingerprint density at radius 1 is 1.08 bits per heavy atom. The molecule has 0 saturated carbocycles. The molecule has 1 aliphatic rings. The Morgan fingerprint density at radius 2 is 1.84 bits per heavy atom. The highest BCUT2D eigenvalue weighted by Crippen LogP contribution is 2.43. The number of benzene rings is 3. The smallest absolute Gasteiger partial charge is 0.254 e. The lowest BCUT2D eigenvalue weighted by Gasteiger charge is -2.30. The summed E-state index contributed by atoms with van der Waals surface area (Å²) in [5.74, 6) is 0.257. The number of methoxy groups -OCH3 is 1. The van der Waals surface area contributed by atoms with Gasteiger partial charge in [0.25, 0.3) is 5.91 Å². The van der Waals surface area contributed by atoms with Crippen molar-refractivity contribution in [3.63, 3.8) is 0 Å². The molecule has 184 valence electrons. The molecule has 0 spiro atoms. The van der Waals surface area contributed by atoms with E-state index in [1.165, 1.54) is 11.8 Å². The zero-order chi connectivity index (χ0) is 26.4. The van der Waals surface area contributed by atoms with E-state index in [-0.39, 0.29) is 5.91 Å². The van der Waals surface area contributed by atoms with Gasteiger partial charge in [-0.2, -0.15) is 10.5 Å². The number of nitriles is 2. The van der Waals surface area contributed by atoms with Crippen LogP contribution < -0.4 is 15.4 Å². The number of amides is 1. The number of halogens is 1. The van der Waals surface area contributed by atoms with Crippen LogP contribution in [0.15, 0.2) is 94.7 Å². The van der Waals surface area contributed by atoms with Crippen molar-refractivity contribution in [1.29, 1.82) is 10.5 Å². The molecule has 0 saturated heterocycles. The molecule has 8 heteroatoms. The van der Waals surface area contributed by atoms with E-state index in [0.717, 1.165) is 14.7 Å². The molecule has 1 unspecified atom stereocenters. The van der Waals surface area contributed by atoms with Crippen molar-refractivity contribution in [2.45, 2.75) is 18.6 Å². The molecule has 0 fully saturated rings. The highest BCUT2D eigenvalue weighted by atomic mass is 127. The van der Waals surface area contributed by atoms with Crippen LogP contribution in [-0.4, -0.2) is 13.0 Å². The van der Waals surface area contributed by atoms with Gasteiger partial charge in [-0.15, -0.1) is 11.8 Å². The Bertz CT molecular complexity index is 1500. The Balaban J connectivity index is 1.74. The zero-order valence-corrected chi connectivity index (χ0v) is 23.2. The van der Waals surface area contributed by atoms with Gasteiger partial charge in [0.15, 0.2) is 0 Å². The van der Waals surface area contributed by atoms with E-state index in [2.05, 4.69) is 45.4 Å². The number of allylic oxidation sites excluding steroid dienone is 2. The maximum absolute atomic E-state index is 13.7. The third-order valence-corrected chi connectivity index (χ3v) is 7.97. The van der Waals surface area contributed by atoms with Gasteiger partial charge in [0.05, 0.1) is 47.0 Å². The van der Waals surface area contributed by atoms with Gasteiger partial charge in [-0.25, -0.2) is 0 Å². The third kappa shape index (κ3) is 5.82. The van der Waals surface area contributed by atoms with Crippen LogP contribution in [0.1, 0.15) is 29.5 Å². The summed E-state index contributed by atoms with van der Waals surface area (Å²) in [7, 11) is 1.55. The number of rotatable bonds is 7. The molecule has 4 rings (SSSR count). The van der Waals surface area contributed by atoms with Crippen LogP contribution in [-0.2, 0) is 10.5 Å².